The van der Waals surface area contributed by atoms with E-state index < -0.39 is 0 Å². The predicted octanol–water partition coefficient (Wildman–Crippen LogP) is 1.33. The monoisotopic (exact) mass is 170 g/mol. The Labute approximate surface area is 76.3 Å². The normalized spacial score (nSPS) is 18.8. The first-order chi connectivity index (χ1) is 5.74. The van der Waals surface area contributed by atoms with Gasteiger partial charge < -0.3 is 10.2 Å². The summed E-state index contributed by atoms with van der Waals surface area (Å²) in [6.07, 6.45) is 1.37. The van der Waals surface area contributed by atoms with Crippen LogP contribution in [0.1, 0.15) is 27.2 Å². The maximum atomic E-state index is 3.31. The Bertz CT molecular complexity index is 119. The fraction of sp³-hybridized carbons (Fsp3) is 1.00. The molecule has 2 nitrogen and oxygen atoms in total. The highest BCUT2D eigenvalue weighted by atomic mass is 15.1. The summed E-state index contributed by atoms with van der Waals surface area (Å²) in [5.41, 5.74) is 0. The van der Waals surface area contributed by atoms with Gasteiger partial charge in [-0.05, 0) is 52.4 Å². The largest absolute Gasteiger partial charge is 0.316 e. The van der Waals surface area contributed by atoms with Crippen molar-refractivity contribution < 1.29 is 0 Å². The maximum absolute atomic E-state index is 3.31. The summed E-state index contributed by atoms with van der Waals surface area (Å²) in [6, 6.07) is 0.711. The Morgan fingerprint density at radius 2 is 2.08 bits per heavy atom. The number of hydrogen-bond donors (Lipinski definition) is 1. The van der Waals surface area contributed by atoms with Gasteiger partial charge in [-0.15, -0.1) is 0 Å². The molecule has 0 unspecified atom stereocenters. The van der Waals surface area contributed by atoms with Crippen LogP contribution < -0.4 is 5.32 Å². The summed E-state index contributed by atoms with van der Waals surface area (Å²) in [7, 11) is 0. The lowest BCUT2D eigenvalue weighted by Gasteiger charge is -2.31. The van der Waals surface area contributed by atoms with Crippen molar-refractivity contribution in [2.24, 2.45) is 5.92 Å². The molecule has 0 aliphatic carbocycles. The van der Waals surface area contributed by atoms with Gasteiger partial charge in [-0.25, -0.2) is 0 Å². The minimum Gasteiger partial charge on any atom is -0.316 e. The molecule has 1 aliphatic heterocycles. The fourth-order valence-electron chi connectivity index (χ4n) is 1.68. The molecule has 0 atom stereocenters. The number of rotatable bonds is 5. The van der Waals surface area contributed by atoms with Crippen molar-refractivity contribution in [2.75, 3.05) is 26.2 Å². The highest BCUT2D eigenvalue weighted by molar-refractivity contribution is 4.76. The van der Waals surface area contributed by atoms with E-state index in [9.17, 15) is 0 Å². The molecule has 72 valence electrons. The molecular formula is C10H22N2. The second-order valence-corrected chi connectivity index (χ2v) is 4.04. The molecule has 12 heavy (non-hydrogen) atoms. The average Bonchev–Trinajstić information content (AvgIpc) is 1.93. The molecule has 1 saturated heterocycles. The highest BCUT2D eigenvalue weighted by Crippen LogP contribution is 2.10. The summed E-state index contributed by atoms with van der Waals surface area (Å²) in [5.74, 6) is 0.956. The van der Waals surface area contributed by atoms with Gasteiger partial charge in [-0.3, -0.25) is 0 Å². The van der Waals surface area contributed by atoms with Crippen molar-refractivity contribution in [1.82, 2.24) is 10.2 Å². The zero-order valence-electron chi connectivity index (χ0n) is 8.64. The fourth-order valence-corrected chi connectivity index (χ4v) is 1.68. The molecule has 2 heteroatoms. The minimum atomic E-state index is 0.711. The molecule has 1 fully saturated rings. The van der Waals surface area contributed by atoms with Crippen LogP contribution in [0.25, 0.3) is 0 Å². The zero-order chi connectivity index (χ0) is 8.97. The molecule has 1 aliphatic rings. The van der Waals surface area contributed by atoms with E-state index in [4.69, 9.17) is 0 Å². The van der Waals surface area contributed by atoms with Crippen LogP contribution in [-0.2, 0) is 0 Å². The Kier molecular flexibility index (Phi) is 4.02. The van der Waals surface area contributed by atoms with Crippen LogP contribution in [0.15, 0.2) is 0 Å². The first kappa shape index (κ1) is 10.0. The van der Waals surface area contributed by atoms with E-state index in [1.54, 1.807) is 0 Å². The van der Waals surface area contributed by atoms with E-state index >= 15 is 0 Å². The Morgan fingerprint density at radius 3 is 2.42 bits per heavy atom. The van der Waals surface area contributed by atoms with Crippen LogP contribution in [0.3, 0.4) is 0 Å². The van der Waals surface area contributed by atoms with E-state index in [2.05, 4.69) is 31.0 Å². The van der Waals surface area contributed by atoms with Crippen molar-refractivity contribution >= 4 is 0 Å². The van der Waals surface area contributed by atoms with E-state index in [0.717, 1.165) is 5.92 Å². The van der Waals surface area contributed by atoms with Crippen LogP contribution in [0.2, 0.25) is 0 Å². The molecule has 0 saturated carbocycles. The van der Waals surface area contributed by atoms with Crippen molar-refractivity contribution in [3.63, 3.8) is 0 Å². The van der Waals surface area contributed by atoms with Gasteiger partial charge in [0.15, 0.2) is 0 Å². The molecule has 0 bridgehead atoms. The minimum absolute atomic E-state index is 0.711. The lowest BCUT2D eigenvalue weighted by atomic mass is 9.99. The first-order valence-electron chi connectivity index (χ1n) is 5.18. The lowest BCUT2D eigenvalue weighted by Crippen LogP contribution is -2.44. The Hall–Kier alpha value is -0.0800. The average molecular weight is 170 g/mol. The van der Waals surface area contributed by atoms with E-state index in [-0.39, 0.29) is 0 Å². The van der Waals surface area contributed by atoms with Crippen molar-refractivity contribution in [3.8, 4) is 0 Å². The second-order valence-electron chi connectivity index (χ2n) is 4.04. The van der Waals surface area contributed by atoms with Crippen molar-refractivity contribution in [1.29, 1.82) is 0 Å². The summed E-state index contributed by atoms with van der Waals surface area (Å²) >= 11 is 0. The molecular weight excluding hydrogens is 148 g/mol. The predicted molar refractivity (Wildman–Crippen MR) is 53.4 cm³/mol. The van der Waals surface area contributed by atoms with Crippen molar-refractivity contribution in [3.05, 3.63) is 0 Å². The van der Waals surface area contributed by atoms with Gasteiger partial charge in [-0.2, -0.15) is 0 Å². The number of nitrogens with zero attached hydrogens (tertiary/aromatic N) is 1. The van der Waals surface area contributed by atoms with Gasteiger partial charge >= 0.3 is 0 Å². The summed E-state index contributed by atoms with van der Waals surface area (Å²) in [6.45, 7) is 11.8. The summed E-state index contributed by atoms with van der Waals surface area (Å²) in [4.78, 5) is 2.54. The van der Waals surface area contributed by atoms with Crippen LogP contribution in [0.4, 0.5) is 0 Å². The molecule has 1 N–H and O–H groups in total. The molecule has 1 rings (SSSR count). The van der Waals surface area contributed by atoms with Crippen LogP contribution in [0.5, 0.6) is 0 Å². The number of nitrogens with one attached hydrogen (secondary N) is 1. The molecule has 1 heterocycles. The van der Waals surface area contributed by atoms with Gasteiger partial charge in [0.05, 0.1) is 0 Å². The van der Waals surface area contributed by atoms with Crippen LogP contribution in [-0.4, -0.2) is 37.1 Å². The summed E-state index contributed by atoms with van der Waals surface area (Å²) in [5, 5.41) is 3.31. The third kappa shape index (κ3) is 2.76. The standard InChI is InChI=1S/C10H22N2/c1-4-12(9(2)3)6-5-10-7-11-8-10/h9-11H,4-8H2,1-3H3. The SMILES string of the molecule is CCN(CCC1CNC1)C(C)C. The molecule has 0 aromatic carbocycles. The third-order valence-corrected chi connectivity index (χ3v) is 2.83. The Balaban J connectivity index is 2.09. The van der Waals surface area contributed by atoms with Gasteiger partial charge in [0.25, 0.3) is 0 Å². The first-order valence-corrected chi connectivity index (χ1v) is 5.18. The van der Waals surface area contributed by atoms with Gasteiger partial charge in [0, 0.05) is 6.04 Å². The molecule has 0 spiro atoms. The lowest BCUT2D eigenvalue weighted by molar-refractivity contribution is 0.198. The van der Waals surface area contributed by atoms with Gasteiger partial charge in [0.2, 0.25) is 0 Å². The smallest absolute Gasteiger partial charge is 0.00384 e. The third-order valence-electron chi connectivity index (χ3n) is 2.83. The number of hydrogen-bond acceptors (Lipinski definition) is 2. The maximum Gasteiger partial charge on any atom is 0.00384 e. The second kappa shape index (κ2) is 4.83. The molecule has 0 radical (unpaired) electrons. The van der Waals surface area contributed by atoms with Crippen molar-refractivity contribution in [2.45, 2.75) is 33.2 Å². The van der Waals surface area contributed by atoms with Gasteiger partial charge in [0.1, 0.15) is 0 Å². The molecule has 0 aromatic heterocycles. The van der Waals surface area contributed by atoms with Gasteiger partial charge in [-0.1, -0.05) is 6.92 Å². The van der Waals surface area contributed by atoms with E-state index in [0.29, 0.717) is 6.04 Å². The Morgan fingerprint density at radius 1 is 1.42 bits per heavy atom. The molecule has 0 aromatic rings. The van der Waals surface area contributed by atoms with Crippen LogP contribution >= 0.6 is 0 Å². The van der Waals surface area contributed by atoms with E-state index in [1.807, 2.05) is 0 Å². The quantitative estimate of drug-likeness (QED) is 0.669. The van der Waals surface area contributed by atoms with E-state index in [1.165, 1.54) is 32.6 Å². The zero-order valence-corrected chi connectivity index (χ0v) is 8.64. The highest BCUT2D eigenvalue weighted by Gasteiger charge is 2.17. The van der Waals surface area contributed by atoms with Crippen LogP contribution in [0, 0.1) is 5.92 Å². The summed E-state index contributed by atoms with van der Waals surface area (Å²) < 4.78 is 0. The topological polar surface area (TPSA) is 15.3 Å². The molecule has 0 amide bonds.